The monoisotopic (exact) mass is 299 g/mol. The smallest absolute Gasteiger partial charge is 0.126 e. The molecule has 1 unspecified atom stereocenters. The van der Waals surface area contributed by atoms with Gasteiger partial charge in [-0.25, -0.2) is 4.39 Å². The van der Waals surface area contributed by atoms with Crippen molar-refractivity contribution in [3.8, 4) is 0 Å². The normalized spacial score (nSPS) is 24.4. The molecule has 0 radical (unpaired) electrons. The predicted molar refractivity (Wildman–Crippen MR) is 82.8 cm³/mol. The molecule has 1 saturated heterocycles. The number of likely N-dealkylation sites (tertiary alicyclic amines) is 1. The van der Waals surface area contributed by atoms with Crippen LogP contribution in [0.3, 0.4) is 0 Å². The summed E-state index contributed by atoms with van der Waals surface area (Å²) in [6.07, 6.45) is 3.06. The molecule has 0 spiro atoms. The van der Waals surface area contributed by atoms with Crippen molar-refractivity contribution in [2.24, 2.45) is 5.73 Å². The van der Waals surface area contributed by atoms with E-state index < -0.39 is 0 Å². The van der Waals surface area contributed by atoms with Gasteiger partial charge in [0.05, 0.1) is 5.54 Å². The number of nitrogens with zero attached hydrogens (tertiary/aromatic N) is 1. The molecule has 3 N–H and O–H groups in total. The van der Waals surface area contributed by atoms with E-state index in [1.54, 1.807) is 6.07 Å². The Morgan fingerprint density at radius 3 is 2.80 bits per heavy atom. The minimum atomic E-state index is -0.323. The lowest BCUT2D eigenvalue weighted by Gasteiger charge is -2.34. The van der Waals surface area contributed by atoms with Crippen LogP contribution in [0.25, 0.3) is 0 Å². The summed E-state index contributed by atoms with van der Waals surface area (Å²) in [5.41, 5.74) is 6.56. The van der Waals surface area contributed by atoms with Crippen LogP contribution in [0.15, 0.2) is 18.2 Å². The van der Waals surface area contributed by atoms with Crippen molar-refractivity contribution in [2.45, 2.75) is 31.7 Å². The van der Waals surface area contributed by atoms with Gasteiger partial charge in [-0.05, 0) is 50.6 Å². The zero-order chi connectivity index (χ0) is 14.6. The number of benzene rings is 1. The molecule has 20 heavy (non-hydrogen) atoms. The highest BCUT2D eigenvalue weighted by molar-refractivity contribution is 6.30. The minimum Gasteiger partial charge on any atom is -0.378 e. The molecule has 0 amide bonds. The molecular weight excluding hydrogens is 277 g/mol. The quantitative estimate of drug-likeness (QED) is 0.898. The van der Waals surface area contributed by atoms with Gasteiger partial charge in [-0.15, -0.1) is 0 Å². The van der Waals surface area contributed by atoms with Crippen LogP contribution in [0.2, 0.25) is 5.02 Å². The van der Waals surface area contributed by atoms with Crippen LogP contribution in [0.5, 0.6) is 0 Å². The Bertz CT molecular complexity index is 434. The third kappa shape index (κ3) is 3.84. The maximum Gasteiger partial charge on any atom is 0.126 e. The van der Waals surface area contributed by atoms with Crippen molar-refractivity contribution in [2.75, 3.05) is 31.5 Å². The van der Waals surface area contributed by atoms with Gasteiger partial charge in [-0.3, -0.25) is 0 Å². The molecule has 1 heterocycles. The first-order valence-electron chi connectivity index (χ1n) is 7.23. The first-order chi connectivity index (χ1) is 9.57. The largest absolute Gasteiger partial charge is 0.378 e. The van der Waals surface area contributed by atoms with Crippen LogP contribution in [-0.4, -0.2) is 36.6 Å². The van der Waals surface area contributed by atoms with Gasteiger partial charge in [0.15, 0.2) is 0 Å². The lowest BCUT2D eigenvalue weighted by atomic mass is 9.90. The molecule has 112 valence electrons. The maximum absolute atomic E-state index is 13.4. The van der Waals surface area contributed by atoms with Crippen LogP contribution in [-0.2, 0) is 0 Å². The lowest BCUT2D eigenvalue weighted by Crippen LogP contribution is -2.46. The van der Waals surface area contributed by atoms with Crippen LogP contribution < -0.4 is 11.1 Å². The number of hydrogen-bond acceptors (Lipinski definition) is 3. The number of rotatable bonds is 4. The van der Waals surface area contributed by atoms with Gasteiger partial charge < -0.3 is 16.0 Å². The van der Waals surface area contributed by atoms with E-state index >= 15 is 0 Å². The average Bonchev–Trinajstić information content (AvgIpc) is 2.60. The highest BCUT2D eigenvalue weighted by Gasteiger charge is 2.31. The van der Waals surface area contributed by atoms with E-state index in [0.717, 1.165) is 38.9 Å². The van der Waals surface area contributed by atoms with Gasteiger partial charge in [0.25, 0.3) is 0 Å². The van der Waals surface area contributed by atoms with Gasteiger partial charge in [0.2, 0.25) is 0 Å². The highest BCUT2D eigenvalue weighted by atomic mass is 35.5. The molecule has 1 aliphatic rings. The molecule has 5 heteroatoms. The zero-order valence-corrected chi connectivity index (χ0v) is 12.7. The zero-order valence-electron chi connectivity index (χ0n) is 12.0. The topological polar surface area (TPSA) is 41.3 Å². The van der Waals surface area contributed by atoms with E-state index in [2.05, 4.69) is 17.1 Å². The predicted octanol–water partition coefficient (Wildman–Crippen LogP) is 3.09. The van der Waals surface area contributed by atoms with Crippen LogP contribution in [0.4, 0.5) is 10.1 Å². The molecule has 2 rings (SSSR count). The van der Waals surface area contributed by atoms with Gasteiger partial charge in [0.1, 0.15) is 5.82 Å². The van der Waals surface area contributed by atoms with Crippen LogP contribution >= 0.6 is 11.6 Å². The molecule has 1 aromatic rings. The first-order valence-corrected chi connectivity index (χ1v) is 7.61. The third-order valence-electron chi connectivity index (χ3n) is 4.15. The van der Waals surface area contributed by atoms with Crippen molar-refractivity contribution in [3.63, 3.8) is 0 Å². The number of anilines is 1. The summed E-state index contributed by atoms with van der Waals surface area (Å²) in [7, 11) is 0. The molecule has 0 saturated carbocycles. The second-order valence-electron chi connectivity index (χ2n) is 5.56. The Kier molecular flexibility index (Phi) is 5.24. The fourth-order valence-corrected chi connectivity index (χ4v) is 3.10. The van der Waals surface area contributed by atoms with E-state index in [0.29, 0.717) is 17.3 Å². The van der Waals surface area contributed by atoms with Crippen molar-refractivity contribution >= 4 is 17.3 Å². The second-order valence-corrected chi connectivity index (χ2v) is 5.99. The molecule has 0 aliphatic carbocycles. The maximum atomic E-state index is 13.4. The number of nitrogens with two attached hydrogens (primary N) is 1. The summed E-state index contributed by atoms with van der Waals surface area (Å²) in [6.45, 7) is 5.90. The molecule has 0 bridgehead atoms. The molecule has 1 atom stereocenters. The summed E-state index contributed by atoms with van der Waals surface area (Å²) in [6, 6.07) is 4.55. The molecule has 1 fully saturated rings. The van der Waals surface area contributed by atoms with Gasteiger partial charge in [-0.2, -0.15) is 0 Å². The summed E-state index contributed by atoms with van der Waals surface area (Å²) >= 11 is 5.91. The van der Waals surface area contributed by atoms with Gasteiger partial charge in [0, 0.05) is 23.8 Å². The number of halogens is 2. The molecule has 0 aromatic heterocycles. The fourth-order valence-electron chi connectivity index (χ4n) is 2.88. The van der Waals surface area contributed by atoms with E-state index in [4.69, 9.17) is 17.3 Å². The Morgan fingerprint density at radius 1 is 1.35 bits per heavy atom. The number of nitrogens with one attached hydrogen (secondary N) is 1. The summed E-state index contributed by atoms with van der Waals surface area (Å²) in [4.78, 5) is 2.43. The number of hydrogen-bond donors (Lipinski definition) is 2. The van der Waals surface area contributed by atoms with Crippen molar-refractivity contribution in [1.29, 1.82) is 0 Å². The van der Waals surface area contributed by atoms with E-state index in [-0.39, 0.29) is 11.4 Å². The highest BCUT2D eigenvalue weighted by Crippen LogP contribution is 2.28. The average molecular weight is 300 g/mol. The standard InChI is InChI=1S/C15H23ClFN3/c1-2-20-6-3-4-15(11-18,5-7-20)19-14-9-12(16)8-13(17)10-14/h8-10,19H,2-7,11,18H2,1H3. The molecule has 3 nitrogen and oxygen atoms in total. The van der Waals surface area contributed by atoms with Crippen LogP contribution in [0, 0.1) is 5.82 Å². The Balaban J connectivity index is 2.14. The third-order valence-corrected chi connectivity index (χ3v) is 4.36. The first kappa shape index (κ1) is 15.5. The van der Waals surface area contributed by atoms with E-state index in [1.165, 1.54) is 12.1 Å². The van der Waals surface area contributed by atoms with Crippen molar-refractivity contribution in [1.82, 2.24) is 4.90 Å². The summed E-state index contributed by atoms with van der Waals surface area (Å²) in [5.74, 6) is -0.323. The fraction of sp³-hybridized carbons (Fsp3) is 0.600. The van der Waals surface area contributed by atoms with Gasteiger partial charge in [-0.1, -0.05) is 18.5 Å². The lowest BCUT2D eigenvalue weighted by molar-refractivity contribution is 0.293. The summed E-state index contributed by atoms with van der Waals surface area (Å²) in [5, 5.41) is 3.84. The van der Waals surface area contributed by atoms with Gasteiger partial charge >= 0.3 is 0 Å². The SMILES string of the molecule is CCN1CCCC(CN)(Nc2cc(F)cc(Cl)c2)CC1. The van der Waals surface area contributed by atoms with E-state index in [1.807, 2.05) is 0 Å². The Labute approximate surface area is 125 Å². The van der Waals surface area contributed by atoms with Crippen LogP contribution in [0.1, 0.15) is 26.2 Å². The molecule has 1 aliphatic heterocycles. The van der Waals surface area contributed by atoms with E-state index in [9.17, 15) is 4.39 Å². The molecular formula is C15H23ClFN3. The van der Waals surface area contributed by atoms with Crippen molar-refractivity contribution < 1.29 is 4.39 Å². The Hall–Kier alpha value is -0.840. The Morgan fingerprint density at radius 2 is 2.15 bits per heavy atom. The summed E-state index contributed by atoms with van der Waals surface area (Å²) < 4.78 is 13.4. The minimum absolute atomic E-state index is 0.166. The second kappa shape index (κ2) is 6.74. The molecule has 1 aromatic carbocycles. The van der Waals surface area contributed by atoms with Crippen molar-refractivity contribution in [3.05, 3.63) is 29.0 Å².